The lowest BCUT2D eigenvalue weighted by atomic mass is 10.0. The average molecular weight is 348 g/mol. The first-order valence-corrected chi connectivity index (χ1v) is 9.63. The summed E-state index contributed by atoms with van der Waals surface area (Å²) in [7, 11) is 0. The number of thioether (sulfide) groups is 1. The van der Waals surface area contributed by atoms with E-state index in [2.05, 4.69) is 12.2 Å². The van der Waals surface area contributed by atoms with Crippen molar-refractivity contribution >= 4 is 29.3 Å². The molecule has 2 atom stereocenters. The summed E-state index contributed by atoms with van der Waals surface area (Å²) in [5.74, 6) is 1.08. The predicted molar refractivity (Wildman–Crippen MR) is 96.2 cm³/mol. The minimum absolute atomic E-state index is 0.0190. The molecule has 2 heterocycles. The molecule has 0 aromatic heterocycles. The van der Waals surface area contributed by atoms with Gasteiger partial charge in [0, 0.05) is 31.0 Å². The number of carbonyl (C=O) groups excluding carboxylic acids is 2. The summed E-state index contributed by atoms with van der Waals surface area (Å²) >= 11 is 1.70. The molecule has 0 bridgehead atoms. The molecule has 2 amide bonds. The van der Waals surface area contributed by atoms with Crippen LogP contribution in [0, 0.1) is 5.92 Å². The highest BCUT2D eigenvalue weighted by atomic mass is 32.2. The number of aliphatic hydroxyl groups is 1. The van der Waals surface area contributed by atoms with Crippen LogP contribution in [0.2, 0.25) is 0 Å². The first kappa shape index (κ1) is 17.3. The van der Waals surface area contributed by atoms with Gasteiger partial charge in [0.2, 0.25) is 11.8 Å². The molecule has 6 heteroatoms. The van der Waals surface area contributed by atoms with Gasteiger partial charge in [0.25, 0.3) is 0 Å². The van der Waals surface area contributed by atoms with Gasteiger partial charge in [0.1, 0.15) is 0 Å². The van der Waals surface area contributed by atoms with Gasteiger partial charge in [-0.25, -0.2) is 0 Å². The number of amides is 2. The lowest BCUT2D eigenvalue weighted by molar-refractivity contribution is -0.127. The Balaban J connectivity index is 1.58. The van der Waals surface area contributed by atoms with Crippen molar-refractivity contribution in [3.63, 3.8) is 0 Å². The van der Waals surface area contributed by atoms with Gasteiger partial charge in [-0.1, -0.05) is 19.1 Å². The molecule has 130 valence electrons. The Hall–Kier alpha value is -1.53. The van der Waals surface area contributed by atoms with Crippen LogP contribution < -0.4 is 10.2 Å². The number of nitrogens with one attached hydrogen (secondary N) is 1. The van der Waals surface area contributed by atoms with Crippen LogP contribution in [-0.4, -0.2) is 47.1 Å². The van der Waals surface area contributed by atoms with Gasteiger partial charge in [0.15, 0.2) is 0 Å². The molecular weight excluding hydrogens is 324 g/mol. The van der Waals surface area contributed by atoms with Crippen LogP contribution in [0.5, 0.6) is 0 Å². The SMILES string of the molecule is CCc1ccc(N2C[C@H](C(=O)NC[C@@]3(O)CCSC3)CC2=O)cc1. The van der Waals surface area contributed by atoms with E-state index >= 15 is 0 Å². The standard InChI is InChI=1S/C18H24N2O3S/c1-2-13-3-5-15(6-4-13)20-10-14(9-16(20)21)17(22)19-11-18(23)7-8-24-12-18/h3-6,14,23H,2,7-12H2,1H3,(H,19,22)/t14-,18+/m1/s1. The first-order chi connectivity index (χ1) is 11.5. The van der Waals surface area contributed by atoms with E-state index in [9.17, 15) is 14.7 Å². The number of anilines is 1. The summed E-state index contributed by atoms with van der Waals surface area (Å²) in [6.45, 7) is 2.77. The molecule has 5 nitrogen and oxygen atoms in total. The van der Waals surface area contributed by atoms with Crippen LogP contribution in [0.15, 0.2) is 24.3 Å². The van der Waals surface area contributed by atoms with Crippen molar-refractivity contribution in [2.24, 2.45) is 5.92 Å². The fraction of sp³-hybridized carbons (Fsp3) is 0.556. The Labute approximate surface area is 146 Å². The molecule has 0 radical (unpaired) electrons. The van der Waals surface area contributed by atoms with E-state index in [1.54, 1.807) is 16.7 Å². The van der Waals surface area contributed by atoms with E-state index in [1.807, 2.05) is 24.3 Å². The molecule has 2 aliphatic rings. The Morgan fingerprint density at radius 1 is 1.42 bits per heavy atom. The molecule has 1 aromatic carbocycles. The zero-order valence-electron chi connectivity index (χ0n) is 14.0. The Bertz CT molecular complexity index is 611. The van der Waals surface area contributed by atoms with Crippen LogP contribution in [0.25, 0.3) is 0 Å². The minimum Gasteiger partial charge on any atom is -0.387 e. The quantitative estimate of drug-likeness (QED) is 0.848. The van der Waals surface area contributed by atoms with Gasteiger partial charge >= 0.3 is 0 Å². The largest absolute Gasteiger partial charge is 0.387 e. The van der Waals surface area contributed by atoms with E-state index in [4.69, 9.17) is 0 Å². The highest BCUT2D eigenvalue weighted by Crippen LogP contribution is 2.28. The molecule has 24 heavy (non-hydrogen) atoms. The number of aryl methyl sites for hydroxylation is 1. The highest BCUT2D eigenvalue weighted by molar-refractivity contribution is 7.99. The van der Waals surface area contributed by atoms with Crippen LogP contribution in [-0.2, 0) is 16.0 Å². The van der Waals surface area contributed by atoms with Crippen molar-refractivity contribution in [2.75, 3.05) is 29.5 Å². The fourth-order valence-electron chi connectivity index (χ4n) is 3.18. The van der Waals surface area contributed by atoms with Crippen molar-refractivity contribution < 1.29 is 14.7 Å². The van der Waals surface area contributed by atoms with Gasteiger partial charge in [-0.15, -0.1) is 0 Å². The number of hydrogen-bond acceptors (Lipinski definition) is 4. The first-order valence-electron chi connectivity index (χ1n) is 8.48. The maximum absolute atomic E-state index is 12.4. The Morgan fingerprint density at radius 2 is 2.17 bits per heavy atom. The molecule has 0 aliphatic carbocycles. The van der Waals surface area contributed by atoms with Gasteiger partial charge < -0.3 is 15.3 Å². The molecule has 2 saturated heterocycles. The van der Waals surface area contributed by atoms with Crippen LogP contribution in [0.4, 0.5) is 5.69 Å². The van der Waals surface area contributed by atoms with Gasteiger partial charge in [-0.3, -0.25) is 9.59 Å². The second-order valence-electron chi connectivity index (χ2n) is 6.67. The zero-order valence-corrected chi connectivity index (χ0v) is 14.8. The molecule has 1 aromatic rings. The molecule has 2 N–H and O–H groups in total. The normalized spacial score (nSPS) is 26.8. The summed E-state index contributed by atoms with van der Waals surface area (Å²) in [4.78, 5) is 26.3. The molecule has 0 saturated carbocycles. The van der Waals surface area contributed by atoms with Crippen molar-refractivity contribution in [1.29, 1.82) is 0 Å². The average Bonchev–Trinajstić information content (AvgIpc) is 3.19. The second-order valence-corrected chi connectivity index (χ2v) is 7.78. The molecule has 2 aliphatic heterocycles. The molecule has 3 rings (SSSR count). The lowest BCUT2D eigenvalue weighted by Gasteiger charge is -2.22. The zero-order chi connectivity index (χ0) is 17.2. The topological polar surface area (TPSA) is 69.6 Å². The van der Waals surface area contributed by atoms with E-state index in [-0.39, 0.29) is 30.7 Å². The molecule has 0 unspecified atom stereocenters. The summed E-state index contributed by atoms with van der Waals surface area (Å²) in [5.41, 5.74) is 1.28. The summed E-state index contributed by atoms with van der Waals surface area (Å²) in [6, 6.07) is 7.91. The summed E-state index contributed by atoms with van der Waals surface area (Å²) in [6.07, 6.45) is 1.90. The third kappa shape index (κ3) is 3.75. The molecule has 2 fully saturated rings. The Morgan fingerprint density at radius 3 is 2.79 bits per heavy atom. The van der Waals surface area contributed by atoms with Gasteiger partial charge in [-0.2, -0.15) is 11.8 Å². The third-order valence-corrected chi connectivity index (χ3v) is 6.06. The minimum atomic E-state index is -0.793. The van der Waals surface area contributed by atoms with Crippen LogP contribution in [0.3, 0.4) is 0 Å². The predicted octanol–water partition coefficient (Wildman–Crippen LogP) is 1.59. The lowest BCUT2D eigenvalue weighted by Crippen LogP contribution is -2.45. The van der Waals surface area contributed by atoms with E-state index in [1.165, 1.54) is 5.56 Å². The van der Waals surface area contributed by atoms with Crippen molar-refractivity contribution in [1.82, 2.24) is 5.32 Å². The summed E-state index contributed by atoms with van der Waals surface area (Å²) < 4.78 is 0. The van der Waals surface area contributed by atoms with E-state index < -0.39 is 5.60 Å². The van der Waals surface area contributed by atoms with E-state index in [0.717, 1.165) is 17.9 Å². The number of hydrogen-bond donors (Lipinski definition) is 2. The number of nitrogens with zero attached hydrogens (tertiary/aromatic N) is 1. The highest BCUT2D eigenvalue weighted by Gasteiger charge is 2.37. The molecular formula is C18H24N2O3S. The monoisotopic (exact) mass is 348 g/mol. The fourth-order valence-corrected chi connectivity index (χ4v) is 4.47. The van der Waals surface area contributed by atoms with Gasteiger partial charge in [0.05, 0.1) is 11.5 Å². The van der Waals surface area contributed by atoms with Crippen LogP contribution >= 0.6 is 11.8 Å². The number of carbonyl (C=O) groups is 2. The van der Waals surface area contributed by atoms with Crippen molar-refractivity contribution in [3.05, 3.63) is 29.8 Å². The van der Waals surface area contributed by atoms with E-state index in [0.29, 0.717) is 18.7 Å². The summed E-state index contributed by atoms with van der Waals surface area (Å²) in [5, 5.41) is 13.1. The van der Waals surface area contributed by atoms with Crippen molar-refractivity contribution in [2.45, 2.75) is 31.8 Å². The smallest absolute Gasteiger partial charge is 0.227 e. The molecule has 0 spiro atoms. The van der Waals surface area contributed by atoms with Gasteiger partial charge in [-0.05, 0) is 36.3 Å². The number of rotatable bonds is 5. The second kappa shape index (κ2) is 7.15. The van der Waals surface area contributed by atoms with Crippen molar-refractivity contribution in [3.8, 4) is 0 Å². The third-order valence-electron chi connectivity index (χ3n) is 4.83. The maximum atomic E-state index is 12.4. The Kier molecular flexibility index (Phi) is 5.15. The van der Waals surface area contributed by atoms with Crippen LogP contribution in [0.1, 0.15) is 25.3 Å². The number of benzene rings is 1. The maximum Gasteiger partial charge on any atom is 0.227 e.